The topological polar surface area (TPSA) is 29.3 Å². The molecule has 0 spiro atoms. The predicted molar refractivity (Wildman–Crippen MR) is 60.9 cm³/mol. The van der Waals surface area contributed by atoms with Crippen LogP contribution in [0.15, 0.2) is 0 Å². The van der Waals surface area contributed by atoms with Gasteiger partial charge < -0.3 is 10.6 Å². The molecule has 2 heteroatoms. The summed E-state index contributed by atoms with van der Waals surface area (Å²) in [5, 5.41) is 0. The Bertz CT molecular complexity index is 200. The molecule has 0 aromatic rings. The number of rotatable bonds is 4. The van der Waals surface area contributed by atoms with E-state index in [1.807, 2.05) is 6.92 Å². The van der Waals surface area contributed by atoms with Crippen molar-refractivity contribution in [3.05, 3.63) is 0 Å². The van der Waals surface area contributed by atoms with Crippen LogP contribution in [-0.4, -0.2) is 31.1 Å². The van der Waals surface area contributed by atoms with E-state index in [0.717, 1.165) is 25.4 Å². The highest BCUT2D eigenvalue weighted by molar-refractivity contribution is 4.95. The van der Waals surface area contributed by atoms with E-state index in [2.05, 4.69) is 16.7 Å². The Kier molecular flexibility index (Phi) is 5.66. The fourth-order valence-corrected chi connectivity index (χ4v) is 2.16. The van der Waals surface area contributed by atoms with Gasteiger partial charge in [-0.1, -0.05) is 0 Å². The minimum Gasteiger partial charge on any atom is -0.330 e. The molecule has 2 nitrogen and oxygen atoms in total. The van der Waals surface area contributed by atoms with Gasteiger partial charge in [-0.15, -0.1) is 11.8 Å². The minimum atomic E-state index is 0.836. The van der Waals surface area contributed by atoms with Crippen LogP contribution in [0.4, 0.5) is 0 Å². The van der Waals surface area contributed by atoms with Gasteiger partial charge in [0.15, 0.2) is 0 Å². The number of nitrogens with two attached hydrogens (primary N) is 1. The van der Waals surface area contributed by atoms with Gasteiger partial charge in [-0.3, -0.25) is 0 Å². The first kappa shape index (κ1) is 11.6. The summed E-state index contributed by atoms with van der Waals surface area (Å²) in [6, 6.07) is 0. The molecule has 1 unspecified atom stereocenters. The Morgan fingerprint density at radius 2 is 2.36 bits per heavy atom. The summed E-state index contributed by atoms with van der Waals surface area (Å²) in [6.45, 7) is 6.39. The molecule has 2 N–H and O–H groups in total. The first-order chi connectivity index (χ1) is 6.86. The van der Waals surface area contributed by atoms with Crippen LogP contribution in [0.2, 0.25) is 0 Å². The molecule has 1 saturated heterocycles. The molecular formula is C12H22N2. The number of likely N-dealkylation sites (tertiary alicyclic amines) is 1. The van der Waals surface area contributed by atoms with Gasteiger partial charge in [-0.05, 0) is 45.2 Å². The van der Waals surface area contributed by atoms with Crippen LogP contribution in [0.5, 0.6) is 0 Å². The average molecular weight is 194 g/mol. The molecule has 0 radical (unpaired) electrons. The summed E-state index contributed by atoms with van der Waals surface area (Å²) in [5.41, 5.74) is 5.59. The molecule has 14 heavy (non-hydrogen) atoms. The predicted octanol–water partition coefficient (Wildman–Crippen LogP) is 1.46. The van der Waals surface area contributed by atoms with E-state index in [9.17, 15) is 0 Å². The first-order valence-electron chi connectivity index (χ1n) is 5.69. The molecule has 0 bridgehead atoms. The van der Waals surface area contributed by atoms with Crippen molar-refractivity contribution in [3.63, 3.8) is 0 Å². The second kappa shape index (κ2) is 6.86. The molecule has 0 aliphatic carbocycles. The fourth-order valence-electron chi connectivity index (χ4n) is 2.16. The molecule has 1 heterocycles. The summed E-state index contributed by atoms with van der Waals surface area (Å²) < 4.78 is 0. The SMILES string of the molecule is CC#CCCN1CCCC(CCN)C1. The van der Waals surface area contributed by atoms with Crippen LogP contribution >= 0.6 is 0 Å². The third-order valence-corrected chi connectivity index (χ3v) is 2.91. The quantitative estimate of drug-likeness (QED) is 0.687. The van der Waals surface area contributed by atoms with Crippen molar-refractivity contribution >= 4 is 0 Å². The van der Waals surface area contributed by atoms with Crippen molar-refractivity contribution in [1.29, 1.82) is 0 Å². The van der Waals surface area contributed by atoms with Crippen molar-refractivity contribution in [2.75, 3.05) is 26.2 Å². The number of piperidine rings is 1. The summed E-state index contributed by atoms with van der Waals surface area (Å²) in [4.78, 5) is 2.54. The molecule has 1 rings (SSSR count). The lowest BCUT2D eigenvalue weighted by atomic mass is 9.95. The molecule has 0 aromatic heterocycles. The molecular weight excluding hydrogens is 172 g/mol. The molecule has 0 saturated carbocycles. The zero-order chi connectivity index (χ0) is 10.2. The van der Waals surface area contributed by atoms with Gasteiger partial charge in [-0.25, -0.2) is 0 Å². The van der Waals surface area contributed by atoms with Crippen LogP contribution in [0, 0.1) is 17.8 Å². The number of hydrogen-bond acceptors (Lipinski definition) is 2. The highest BCUT2D eigenvalue weighted by Crippen LogP contribution is 2.18. The molecule has 1 aliphatic heterocycles. The average Bonchev–Trinajstić information content (AvgIpc) is 2.19. The summed E-state index contributed by atoms with van der Waals surface area (Å²) in [6.07, 6.45) is 4.92. The van der Waals surface area contributed by atoms with E-state index >= 15 is 0 Å². The third kappa shape index (κ3) is 4.13. The Hall–Kier alpha value is -0.520. The lowest BCUT2D eigenvalue weighted by Crippen LogP contribution is -2.36. The summed E-state index contributed by atoms with van der Waals surface area (Å²) in [7, 11) is 0. The second-order valence-corrected chi connectivity index (χ2v) is 4.06. The molecule has 0 aromatic carbocycles. The highest BCUT2D eigenvalue weighted by atomic mass is 15.1. The largest absolute Gasteiger partial charge is 0.330 e. The monoisotopic (exact) mass is 194 g/mol. The molecule has 0 amide bonds. The van der Waals surface area contributed by atoms with Crippen molar-refractivity contribution in [2.24, 2.45) is 11.7 Å². The lowest BCUT2D eigenvalue weighted by Gasteiger charge is -2.32. The van der Waals surface area contributed by atoms with Crippen molar-refractivity contribution in [2.45, 2.75) is 32.6 Å². The zero-order valence-electron chi connectivity index (χ0n) is 9.26. The highest BCUT2D eigenvalue weighted by Gasteiger charge is 2.18. The second-order valence-electron chi connectivity index (χ2n) is 4.06. The lowest BCUT2D eigenvalue weighted by molar-refractivity contribution is 0.173. The van der Waals surface area contributed by atoms with E-state index in [4.69, 9.17) is 5.73 Å². The number of hydrogen-bond donors (Lipinski definition) is 1. The van der Waals surface area contributed by atoms with Crippen molar-refractivity contribution < 1.29 is 0 Å². The standard InChI is InChI=1S/C12H22N2/c1-2-3-4-9-14-10-5-6-12(11-14)7-8-13/h12H,4-11,13H2,1H3. The van der Waals surface area contributed by atoms with Gasteiger partial charge in [-0.2, -0.15) is 0 Å². The normalized spacial score (nSPS) is 22.9. The maximum atomic E-state index is 5.59. The van der Waals surface area contributed by atoms with Gasteiger partial charge in [0.05, 0.1) is 0 Å². The van der Waals surface area contributed by atoms with Crippen LogP contribution in [-0.2, 0) is 0 Å². The van der Waals surface area contributed by atoms with Crippen LogP contribution in [0.25, 0.3) is 0 Å². The Morgan fingerprint density at radius 1 is 1.50 bits per heavy atom. The van der Waals surface area contributed by atoms with Gasteiger partial charge in [0, 0.05) is 19.5 Å². The van der Waals surface area contributed by atoms with Crippen LogP contribution in [0.3, 0.4) is 0 Å². The number of nitrogens with zero attached hydrogens (tertiary/aromatic N) is 1. The Labute approximate surface area is 87.8 Å². The van der Waals surface area contributed by atoms with E-state index < -0.39 is 0 Å². The first-order valence-corrected chi connectivity index (χ1v) is 5.69. The van der Waals surface area contributed by atoms with Crippen molar-refractivity contribution in [3.8, 4) is 11.8 Å². The maximum Gasteiger partial charge on any atom is 0.0216 e. The van der Waals surface area contributed by atoms with Gasteiger partial charge in [0.25, 0.3) is 0 Å². The Balaban J connectivity index is 2.20. The van der Waals surface area contributed by atoms with Crippen LogP contribution in [0.1, 0.15) is 32.6 Å². The molecule has 1 aliphatic rings. The van der Waals surface area contributed by atoms with Gasteiger partial charge >= 0.3 is 0 Å². The molecule has 1 atom stereocenters. The van der Waals surface area contributed by atoms with E-state index in [1.54, 1.807) is 0 Å². The van der Waals surface area contributed by atoms with Crippen molar-refractivity contribution in [1.82, 2.24) is 4.90 Å². The van der Waals surface area contributed by atoms with E-state index in [0.29, 0.717) is 0 Å². The molecule has 80 valence electrons. The maximum absolute atomic E-state index is 5.59. The summed E-state index contributed by atoms with van der Waals surface area (Å²) in [5.74, 6) is 6.91. The zero-order valence-corrected chi connectivity index (χ0v) is 9.26. The van der Waals surface area contributed by atoms with Gasteiger partial charge in [0.2, 0.25) is 0 Å². The Morgan fingerprint density at radius 3 is 3.07 bits per heavy atom. The molecule has 1 fully saturated rings. The van der Waals surface area contributed by atoms with Gasteiger partial charge in [0.1, 0.15) is 0 Å². The van der Waals surface area contributed by atoms with E-state index in [1.165, 1.54) is 32.4 Å². The van der Waals surface area contributed by atoms with E-state index in [-0.39, 0.29) is 0 Å². The summed E-state index contributed by atoms with van der Waals surface area (Å²) >= 11 is 0. The minimum absolute atomic E-state index is 0.836. The van der Waals surface area contributed by atoms with Crippen LogP contribution < -0.4 is 5.73 Å². The smallest absolute Gasteiger partial charge is 0.0216 e. The fraction of sp³-hybridized carbons (Fsp3) is 0.833. The third-order valence-electron chi connectivity index (χ3n) is 2.91.